The van der Waals surface area contributed by atoms with Crippen LogP contribution in [0.5, 0.6) is 0 Å². The molecular formula is C18H18N2O2. The number of aryl methyl sites for hydroxylation is 2. The van der Waals surface area contributed by atoms with E-state index in [1.807, 2.05) is 32.0 Å². The summed E-state index contributed by atoms with van der Waals surface area (Å²) >= 11 is 0. The first-order valence-corrected chi connectivity index (χ1v) is 6.92. The predicted octanol–water partition coefficient (Wildman–Crippen LogP) is 3.05. The van der Waals surface area contributed by atoms with Crippen LogP contribution < -0.4 is 11.1 Å². The molecule has 2 aromatic rings. The Morgan fingerprint density at radius 3 is 2.45 bits per heavy atom. The molecule has 4 nitrogen and oxygen atoms in total. The minimum absolute atomic E-state index is 0.287. The quantitative estimate of drug-likeness (QED) is 0.851. The van der Waals surface area contributed by atoms with Crippen LogP contribution in [-0.2, 0) is 4.79 Å². The molecule has 0 radical (unpaired) electrons. The Morgan fingerprint density at radius 2 is 1.77 bits per heavy atom. The van der Waals surface area contributed by atoms with E-state index in [1.165, 1.54) is 17.2 Å². The number of benzene rings is 2. The summed E-state index contributed by atoms with van der Waals surface area (Å²) in [7, 11) is 0. The van der Waals surface area contributed by atoms with E-state index in [1.54, 1.807) is 30.3 Å². The zero-order chi connectivity index (χ0) is 16.1. The number of anilines is 1. The molecule has 0 aromatic heterocycles. The third-order valence-electron chi connectivity index (χ3n) is 3.41. The van der Waals surface area contributed by atoms with Crippen LogP contribution in [0.2, 0.25) is 0 Å². The molecule has 22 heavy (non-hydrogen) atoms. The Labute approximate surface area is 129 Å². The number of carbonyl (C=O) groups excluding carboxylic acids is 2. The number of primary amides is 1. The van der Waals surface area contributed by atoms with Crippen LogP contribution in [0.3, 0.4) is 0 Å². The van der Waals surface area contributed by atoms with Gasteiger partial charge in [0.1, 0.15) is 0 Å². The highest BCUT2D eigenvalue weighted by Crippen LogP contribution is 2.15. The van der Waals surface area contributed by atoms with E-state index in [2.05, 4.69) is 5.32 Å². The Hall–Kier alpha value is -2.88. The monoisotopic (exact) mass is 294 g/mol. The Morgan fingerprint density at radius 1 is 1.05 bits per heavy atom. The normalized spacial score (nSPS) is 10.6. The maximum Gasteiger partial charge on any atom is 0.250 e. The van der Waals surface area contributed by atoms with Gasteiger partial charge in [0.25, 0.3) is 5.91 Å². The summed E-state index contributed by atoms with van der Waals surface area (Å²) in [5.41, 5.74) is 9.29. The van der Waals surface area contributed by atoms with Gasteiger partial charge < -0.3 is 11.1 Å². The third kappa shape index (κ3) is 3.82. The summed E-state index contributed by atoms with van der Waals surface area (Å²) < 4.78 is 0. The van der Waals surface area contributed by atoms with E-state index < -0.39 is 5.91 Å². The molecule has 0 fully saturated rings. The zero-order valence-electron chi connectivity index (χ0n) is 12.6. The summed E-state index contributed by atoms with van der Waals surface area (Å²) in [4.78, 5) is 23.3. The van der Waals surface area contributed by atoms with Gasteiger partial charge in [0, 0.05) is 6.08 Å². The van der Waals surface area contributed by atoms with Crippen molar-refractivity contribution >= 4 is 23.6 Å². The fourth-order valence-electron chi connectivity index (χ4n) is 2.02. The van der Waals surface area contributed by atoms with Crippen LogP contribution in [-0.4, -0.2) is 11.8 Å². The van der Waals surface area contributed by atoms with E-state index in [4.69, 9.17) is 5.73 Å². The van der Waals surface area contributed by atoms with Gasteiger partial charge in [0.2, 0.25) is 5.91 Å². The molecule has 0 spiro atoms. The van der Waals surface area contributed by atoms with Crippen molar-refractivity contribution in [2.75, 3.05) is 5.32 Å². The molecule has 0 aliphatic rings. The number of hydrogen-bond donors (Lipinski definition) is 2. The number of carbonyl (C=O) groups is 2. The van der Waals surface area contributed by atoms with E-state index in [0.717, 1.165) is 5.56 Å². The maximum absolute atomic E-state index is 12.0. The van der Waals surface area contributed by atoms with Crippen molar-refractivity contribution in [3.8, 4) is 0 Å². The number of hydrogen-bond acceptors (Lipinski definition) is 2. The first kappa shape index (κ1) is 15.5. The van der Waals surface area contributed by atoms with Gasteiger partial charge in [-0.3, -0.25) is 9.59 Å². The molecule has 0 bridgehead atoms. The second-order valence-electron chi connectivity index (χ2n) is 5.08. The van der Waals surface area contributed by atoms with Crippen LogP contribution in [0.15, 0.2) is 48.5 Å². The van der Waals surface area contributed by atoms with Crippen molar-refractivity contribution in [1.29, 1.82) is 0 Å². The van der Waals surface area contributed by atoms with Gasteiger partial charge in [0.05, 0.1) is 11.3 Å². The third-order valence-corrected chi connectivity index (χ3v) is 3.41. The minimum atomic E-state index is -0.575. The Bertz CT molecular complexity index is 749. The maximum atomic E-state index is 12.0. The largest absolute Gasteiger partial charge is 0.366 e. The lowest BCUT2D eigenvalue weighted by molar-refractivity contribution is -0.111. The average Bonchev–Trinajstić information content (AvgIpc) is 2.49. The smallest absolute Gasteiger partial charge is 0.250 e. The molecule has 0 heterocycles. The van der Waals surface area contributed by atoms with E-state index in [0.29, 0.717) is 5.69 Å². The van der Waals surface area contributed by atoms with Crippen molar-refractivity contribution in [3.05, 3.63) is 70.8 Å². The number of nitrogens with two attached hydrogens (primary N) is 1. The molecule has 0 aliphatic heterocycles. The van der Waals surface area contributed by atoms with Gasteiger partial charge in [-0.25, -0.2) is 0 Å². The molecule has 2 aromatic carbocycles. The molecule has 0 saturated carbocycles. The highest BCUT2D eigenvalue weighted by atomic mass is 16.2. The van der Waals surface area contributed by atoms with Crippen molar-refractivity contribution in [2.45, 2.75) is 13.8 Å². The van der Waals surface area contributed by atoms with Gasteiger partial charge >= 0.3 is 0 Å². The lowest BCUT2D eigenvalue weighted by atomic mass is 10.1. The Kier molecular flexibility index (Phi) is 4.73. The molecule has 2 amide bonds. The summed E-state index contributed by atoms with van der Waals surface area (Å²) in [6.45, 7) is 4.06. The fraction of sp³-hybridized carbons (Fsp3) is 0.111. The van der Waals surface area contributed by atoms with Gasteiger partial charge in [-0.1, -0.05) is 30.3 Å². The number of nitrogens with one attached hydrogen (secondary N) is 1. The van der Waals surface area contributed by atoms with Gasteiger partial charge in [0.15, 0.2) is 0 Å². The number of rotatable bonds is 4. The van der Waals surface area contributed by atoms with Crippen LogP contribution in [0.25, 0.3) is 6.08 Å². The summed E-state index contributed by atoms with van der Waals surface area (Å²) in [6.07, 6.45) is 3.16. The molecular weight excluding hydrogens is 276 g/mol. The summed E-state index contributed by atoms with van der Waals surface area (Å²) in [5.74, 6) is -0.888. The van der Waals surface area contributed by atoms with Crippen LogP contribution in [0.1, 0.15) is 27.0 Å². The average molecular weight is 294 g/mol. The molecule has 0 atom stereocenters. The predicted molar refractivity (Wildman–Crippen MR) is 88.5 cm³/mol. The van der Waals surface area contributed by atoms with Crippen molar-refractivity contribution in [2.24, 2.45) is 5.73 Å². The van der Waals surface area contributed by atoms with E-state index in [9.17, 15) is 9.59 Å². The van der Waals surface area contributed by atoms with Crippen LogP contribution in [0.4, 0.5) is 5.69 Å². The molecule has 112 valence electrons. The summed E-state index contributed by atoms with van der Waals surface area (Å²) in [5, 5.41) is 2.66. The molecule has 0 saturated heterocycles. The molecule has 2 rings (SSSR count). The van der Waals surface area contributed by atoms with Gasteiger partial charge in [-0.15, -0.1) is 0 Å². The molecule has 0 unspecified atom stereocenters. The van der Waals surface area contributed by atoms with E-state index >= 15 is 0 Å². The van der Waals surface area contributed by atoms with Gasteiger partial charge in [-0.05, 0) is 48.7 Å². The fourth-order valence-corrected chi connectivity index (χ4v) is 2.02. The second-order valence-corrected chi connectivity index (χ2v) is 5.08. The number of para-hydroxylation sites is 1. The van der Waals surface area contributed by atoms with E-state index in [-0.39, 0.29) is 11.5 Å². The van der Waals surface area contributed by atoms with Crippen molar-refractivity contribution in [1.82, 2.24) is 0 Å². The Balaban J connectivity index is 2.11. The molecule has 4 heteroatoms. The SMILES string of the molecule is Cc1ccc(/C=C/C(=O)Nc2ccccc2C(N)=O)cc1C. The molecule has 3 N–H and O–H groups in total. The molecule has 0 aliphatic carbocycles. The van der Waals surface area contributed by atoms with Gasteiger partial charge in [-0.2, -0.15) is 0 Å². The van der Waals surface area contributed by atoms with Crippen molar-refractivity contribution in [3.63, 3.8) is 0 Å². The second kappa shape index (κ2) is 6.72. The lowest BCUT2D eigenvalue weighted by Crippen LogP contribution is -2.16. The standard InChI is InChI=1S/C18H18N2O2/c1-12-7-8-14(11-13(12)2)9-10-17(21)20-16-6-4-3-5-15(16)18(19)22/h3-11H,1-2H3,(H2,19,22)(H,20,21)/b10-9+. The summed E-state index contributed by atoms with van der Waals surface area (Å²) in [6, 6.07) is 12.6. The van der Waals surface area contributed by atoms with Crippen molar-refractivity contribution < 1.29 is 9.59 Å². The highest BCUT2D eigenvalue weighted by molar-refractivity contribution is 6.07. The number of amides is 2. The first-order chi connectivity index (χ1) is 10.5. The lowest BCUT2D eigenvalue weighted by Gasteiger charge is -2.06. The topological polar surface area (TPSA) is 72.2 Å². The first-order valence-electron chi connectivity index (χ1n) is 6.92. The minimum Gasteiger partial charge on any atom is -0.366 e. The van der Waals surface area contributed by atoms with Crippen LogP contribution >= 0.6 is 0 Å². The highest BCUT2D eigenvalue weighted by Gasteiger charge is 2.08. The van der Waals surface area contributed by atoms with Crippen LogP contribution in [0, 0.1) is 13.8 Å². The zero-order valence-corrected chi connectivity index (χ0v) is 12.6.